The first-order valence-corrected chi connectivity index (χ1v) is 10.2. The van der Waals surface area contributed by atoms with Crippen LogP contribution in [0.1, 0.15) is 56.7 Å². The van der Waals surface area contributed by atoms with E-state index in [1.807, 2.05) is 4.90 Å². The van der Waals surface area contributed by atoms with Crippen LogP contribution in [-0.4, -0.2) is 45.7 Å². The molecule has 160 valence electrons. The molecule has 1 saturated heterocycles. The minimum Gasteiger partial charge on any atom is -0.474 e. The fourth-order valence-electron chi connectivity index (χ4n) is 5.02. The van der Waals surface area contributed by atoms with Gasteiger partial charge in [0.25, 0.3) is 0 Å². The number of rotatable bonds is 3. The third-order valence-electron chi connectivity index (χ3n) is 6.62. The Labute approximate surface area is 168 Å². The van der Waals surface area contributed by atoms with Crippen molar-refractivity contribution >= 4 is 5.91 Å². The third-order valence-corrected chi connectivity index (χ3v) is 6.62. The van der Waals surface area contributed by atoms with Gasteiger partial charge in [0.15, 0.2) is 0 Å². The number of amides is 1. The summed E-state index contributed by atoms with van der Waals surface area (Å²) in [5.41, 5.74) is -1.05. The topological polar surface area (TPSA) is 62.7 Å². The van der Waals surface area contributed by atoms with E-state index < -0.39 is 17.3 Å². The van der Waals surface area contributed by atoms with E-state index in [1.54, 1.807) is 6.92 Å². The number of carbonyl (C=O) groups is 1. The van der Waals surface area contributed by atoms with Crippen LogP contribution in [0.5, 0.6) is 5.88 Å². The van der Waals surface area contributed by atoms with Crippen LogP contribution in [-0.2, 0) is 11.0 Å². The van der Waals surface area contributed by atoms with Gasteiger partial charge >= 0.3 is 6.18 Å². The number of ether oxygens (including phenoxy) is 1. The maximum Gasteiger partial charge on any atom is 0.416 e. The molecule has 0 aromatic carbocycles. The minimum atomic E-state index is -4.42. The minimum absolute atomic E-state index is 0.0284. The summed E-state index contributed by atoms with van der Waals surface area (Å²) in [5, 5.41) is 9.82. The molecule has 4 rings (SSSR count). The lowest BCUT2D eigenvalue weighted by Gasteiger charge is -2.55. The number of hydrogen-bond acceptors (Lipinski definition) is 4. The van der Waals surface area contributed by atoms with Gasteiger partial charge in [0.2, 0.25) is 11.8 Å². The van der Waals surface area contributed by atoms with Gasteiger partial charge in [0.05, 0.1) is 11.2 Å². The number of aliphatic hydroxyl groups is 1. The van der Waals surface area contributed by atoms with Crippen molar-refractivity contribution in [1.82, 2.24) is 9.88 Å². The molecule has 0 bridgehead atoms. The molecule has 2 saturated carbocycles. The highest BCUT2D eigenvalue weighted by atomic mass is 19.4. The average Bonchev–Trinajstić information content (AvgIpc) is 2.56. The monoisotopic (exact) mass is 412 g/mol. The number of aromatic nitrogens is 1. The summed E-state index contributed by atoms with van der Waals surface area (Å²) in [6.07, 6.45) is -0.221. The highest BCUT2D eigenvalue weighted by molar-refractivity contribution is 5.81. The van der Waals surface area contributed by atoms with Gasteiger partial charge in [-0.05, 0) is 58.4 Å². The van der Waals surface area contributed by atoms with Crippen LogP contribution < -0.4 is 4.74 Å². The first-order chi connectivity index (χ1) is 13.4. The molecular weight excluding hydrogens is 385 g/mol. The Hall–Kier alpha value is -1.83. The van der Waals surface area contributed by atoms with Crippen LogP contribution in [0.4, 0.5) is 13.2 Å². The van der Waals surface area contributed by atoms with E-state index in [-0.39, 0.29) is 34.9 Å². The Kier molecular flexibility index (Phi) is 4.83. The van der Waals surface area contributed by atoms with E-state index >= 15 is 0 Å². The second kappa shape index (κ2) is 6.86. The maximum atomic E-state index is 13.0. The van der Waals surface area contributed by atoms with Crippen LogP contribution in [0.3, 0.4) is 0 Å². The molecule has 1 aromatic heterocycles. The Morgan fingerprint density at radius 1 is 1.24 bits per heavy atom. The lowest BCUT2D eigenvalue weighted by Crippen LogP contribution is -2.63. The van der Waals surface area contributed by atoms with Crippen LogP contribution >= 0.6 is 0 Å². The molecule has 2 heterocycles. The number of hydrogen-bond donors (Lipinski definition) is 1. The number of aryl methyl sites for hydroxylation is 1. The van der Waals surface area contributed by atoms with E-state index in [2.05, 4.69) is 4.98 Å². The van der Waals surface area contributed by atoms with Gasteiger partial charge in [0.1, 0.15) is 6.10 Å². The predicted octanol–water partition coefficient (Wildman–Crippen LogP) is 3.72. The zero-order chi connectivity index (χ0) is 21.0. The highest BCUT2D eigenvalue weighted by Gasteiger charge is 2.51. The van der Waals surface area contributed by atoms with Gasteiger partial charge in [-0.1, -0.05) is 0 Å². The number of likely N-dealkylation sites (tertiary alicyclic amines) is 1. The van der Waals surface area contributed by atoms with Gasteiger partial charge in [-0.25, -0.2) is 4.98 Å². The van der Waals surface area contributed by atoms with Gasteiger partial charge < -0.3 is 14.7 Å². The van der Waals surface area contributed by atoms with E-state index in [0.717, 1.165) is 50.9 Å². The van der Waals surface area contributed by atoms with Gasteiger partial charge in [-0.3, -0.25) is 4.79 Å². The Morgan fingerprint density at radius 2 is 1.86 bits per heavy atom. The van der Waals surface area contributed by atoms with Crippen molar-refractivity contribution in [2.75, 3.05) is 13.1 Å². The highest BCUT2D eigenvalue weighted by Crippen LogP contribution is 2.47. The average molecular weight is 412 g/mol. The Morgan fingerprint density at radius 3 is 2.41 bits per heavy atom. The Balaban J connectivity index is 1.28. The van der Waals surface area contributed by atoms with Crippen molar-refractivity contribution < 1.29 is 27.8 Å². The van der Waals surface area contributed by atoms with Gasteiger partial charge in [-0.2, -0.15) is 13.2 Å². The molecule has 0 radical (unpaired) electrons. The molecule has 0 unspecified atom stereocenters. The van der Waals surface area contributed by atoms with Crippen molar-refractivity contribution in [1.29, 1.82) is 0 Å². The summed E-state index contributed by atoms with van der Waals surface area (Å²) >= 11 is 0. The van der Waals surface area contributed by atoms with Crippen LogP contribution in [0.2, 0.25) is 0 Å². The van der Waals surface area contributed by atoms with Crippen molar-refractivity contribution in [3.05, 3.63) is 23.4 Å². The van der Waals surface area contributed by atoms with Gasteiger partial charge in [0, 0.05) is 36.2 Å². The molecular formula is C21H27F3N2O3. The standard InChI is InChI=1S/C21H27F3N2O3/c1-13-7-15(21(22,23)24)8-17(25-13)29-16-3-5-20(6-4-16)11-26(12-20)18(27)14-9-19(2,28)10-14/h7-8,14,16,28H,3-6,9-12H2,1-2H3. The van der Waals surface area contributed by atoms with E-state index in [1.165, 1.54) is 6.92 Å². The summed E-state index contributed by atoms with van der Waals surface area (Å²) in [4.78, 5) is 18.4. The summed E-state index contributed by atoms with van der Waals surface area (Å²) in [6.45, 7) is 4.76. The zero-order valence-corrected chi connectivity index (χ0v) is 16.8. The number of pyridine rings is 1. The summed E-state index contributed by atoms with van der Waals surface area (Å²) in [7, 11) is 0. The molecule has 3 fully saturated rings. The number of nitrogens with zero attached hydrogens (tertiary/aromatic N) is 2. The number of carbonyl (C=O) groups excluding carboxylic acids is 1. The van der Waals surface area contributed by atoms with E-state index in [4.69, 9.17) is 4.74 Å². The molecule has 0 atom stereocenters. The molecule has 1 aliphatic heterocycles. The van der Waals surface area contributed by atoms with Crippen LogP contribution in [0, 0.1) is 18.3 Å². The van der Waals surface area contributed by atoms with Crippen molar-refractivity contribution in [3.8, 4) is 5.88 Å². The molecule has 1 aromatic rings. The quantitative estimate of drug-likeness (QED) is 0.822. The second-order valence-electron chi connectivity index (χ2n) is 9.45. The number of alkyl halides is 3. The summed E-state index contributed by atoms with van der Waals surface area (Å²) in [6, 6.07) is 1.98. The van der Waals surface area contributed by atoms with Crippen LogP contribution in [0.25, 0.3) is 0 Å². The SMILES string of the molecule is Cc1cc(C(F)(F)F)cc(OC2CCC3(CC2)CN(C(=O)C2CC(C)(O)C2)C3)n1. The lowest BCUT2D eigenvalue weighted by molar-refractivity contribution is -0.164. The largest absolute Gasteiger partial charge is 0.474 e. The molecule has 2 aliphatic carbocycles. The fraction of sp³-hybridized carbons (Fsp3) is 0.714. The molecule has 3 aliphatic rings. The van der Waals surface area contributed by atoms with Gasteiger partial charge in [-0.15, -0.1) is 0 Å². The summed E-state index contributed by atoms with van der Waals surface area (Å²) < 4.78 is 44.7. The first-order valence-electron chi connectivity index (χ1n) is 10.2. The normalized spacial score (nSPS) is 29.3. The molecule has 5 nitrogen and oxygen atoms in total. The zero-order valence-electron chi connectivity index (χ0n) is 16.8. The fourth-order valence-corrected chi connectivity index (χ4v) is 5.02. The molecule has 8 heteroatoms. The summed E-state index contributed by atoms with van der Waals surface area (Å²) in [5.74, 6) is 0.113. The van der Waals surface area contributed by atoms with Crippen molar-refractivity contribution in [2.45, 2.75) is 70.3 Å². The maximum absolute atomic E-state index is 13.0. The molecule has 29 heavy (non-hydrogen) atoms. The smallest absolute Gasteiger partial charge is 0.416 e. The van der Waals surface area contributed by atoms with Crippen LogP contribution in [0.15, 0.2) is 12.1 Å². The first kappa shape index (κ1) is 20.4. The molecule has 1 amide bonds. The lowest BCUT2D eigenvalue weighted by atomic mass is 9.66. The third kappa shape index (κ3) is 4.22. The predicted molar refractivity (Wildman–Crippen MR) is 99.2 cm³/mol. The van der Waals surface area contributed by atoms with E-state index in [0.29, 0.717) is 12.8 Å². The second-order valence-corrected chi connectivity index (χ2v) is 9.45. The number of halogens is 3. The Bertz CT molecular complexity index is 785. The van der Waals surface area contributed by atoms with Crippen molar-refractivity contribution in [2.24, 2.45) is 11.3 Å². The van der Waals surface area contributed by atoms with Crippen molar-refractivity contribution in [3.63, 3.8) is 0 Å². The van der Waals surface area contributed by atoms with E-state index in [9.17, 15) is 23.1 Å². The molecule has 1 N–H and O–H groups in total. The molecule has 1 spiro atoms.